The highest BCUT2D eigenvalue weighted by atomic mass is 16.6. The Bertz CT molecular complexity index is 1280. The number of amides is 1. The zero-order valence-corrected chi connectivity index (χ0v) is 16.2. The molecule has 0 atom stereocenters. The molecule has 3 aromatic heterocycles. The van der Waals surface area contributed by atoms with Gasteiger partial charge in [0.25, 0.3) is 5.91 Å². The molecule has 154 valence electrons. The molecule has 0 aliphatic heterocycles. The van der Waals surface area contributed by atoms with Gasteiger partial charge in [-0.3, -0.25) is 35.7 Å². The first kappa shape index (κ1) is 19.6. The van der Waals surface area contributed by atoms with Crippen LogP contribution in [0.1, 0.15) is 16.1 Å². The number of pyridine rings is 2. The fraction of sp³-hybridized carbons (Fsp3) is 0.0500. The van der Waals surface area contributed by atoms with Crippen LogP contribution >= 0.6 is 0 Å². The van der Waals surface area contributed by atoms with Crippen molar-refractivity contribution in [1.82, 2.24) is 25.4 Å². The van der Waals surface area contributed by atoms with Gasteiger partial charge in [-0.15, -0.1) is 0 Å². The summed E-state index contributed by atoms with van der Waals surface area (Å²) in [5.41, 5.74) is 6.99. The molecular formula is C20H16N8O3. The summed E-state index contributed by atoms with van der Waals surface area (Å²) in [6, 6.07) is 12.2. The van der Waals surface area contributed by atoms with Crippen molar-refractivity contribution in [2.75, 3.05) is 10.7 Å². The second-order valence-electron chi connectivity index (χ2n) is 6.44. The lowest BCUT2D eigenvalue weighted by Gasteiger charge is -2.12. The molecule has 0 saturated carbocycles. The SMILES string of the molecule is Cc1ccc2c(Nc3ncnc(NNC(=O)c4ccncc4)c3[N+](=O)[O-])cccc2n1. The number of benzene rings is 1. The van der Waals surface area contributed by atoms with Gasteiger partial charge in [0.1, 0.15) is 6.33 Å². The third-order valence-electron chi connectivity index (χ3n) is 4.37. The molecular weight excluding hydrogens is 400 g/mol. The Labute approximate surface area is 175 Å². The molecule has 3 heterocycles. The summed E-state index contributed by atoms with van der Waals surface area (Å²) < 4.78 is 0. The van der Waals surface area contributed by atoms with Crippen molar-refractivity contribution < 1.29 is 9.72 Å². The van der Waals surface area contributed by atoms with E-state index in [0.717, 1.165) is 22.9 Å². The topological polar surface area (TPSA) is 148 Å². The van der Waals surface area contributed by atoms with Gasteiger partial charge >= 0.3 is 5.69 Å². The van der Waals surface area contributed by atoms with E-state index in [1.807, 2.05) is 25.1 Å². The predicted molar refractivity (Wildman–Crippen MR) is 114 cm³/mol. The van der Waals surface area contributed by atoms with E-state index < -0.39 is 16.5 Å². The maximum atomic E-state index is 12.2. The fourth-order valence-corrected chi connectivity index (χ4v) is 2.92. The standard InChI is InChI=1S/C20H16N8O3/c1-12-5-6-14-15(24-12)3-2-4-16(14)25-18-17(28(30)31)19(23-11-22-18)26-27-20(29)13-7-9-21-10-8-13/h2-11H,1H3,(H,27,29)(H2,22,23,25,26). The van der Waals surface area contributed by atoms with E-state index in [4.69, 9.17) is 0 Å². The maximum Gasteiger partial charge on any atom is 0.355 e. The molecule has 11 heteroatoms. The minimum absolute atomic E-state index is 0.0336. The number of nitrogens with one attached hydrogen (secondary N) is 3. The van der Waals surface area contributed by atoms with Crippen LogP contribution in [0.15, 0.2) is 61.2 Å². The number of hydrogen-bond donors (Lipinski definition) is 3. The first-order valence-corrected chi connectivity index (χ1v) is 9.12. The van der Waals surface area contributed by atoms with Crippen LogP contribution in [0.4, 0.5) is 23.0 Å². The molecule has 1 amide bonds. The first-order chi connectivity index (χ1) is 15.0. The van der Waals surface area contributed by atoms with Crippen molar-refractivity contribution in [3.63, 3.8) is 0 Å². The number of nitrogens with zero attached hydrogens (tertiary/aromatic N) is 5. The number of aryl methyl sites for hydroxylation is 1. The predicted octanol–water partition coefficient (Wildman–Crippen LogP) is 3.14. The molecule has 3 N–H and O–H groups in total. The quantitative estimate of drug-likeness (QED) is 0.318. The Kier molecular flexibility index (Phi) is 5.30. The van der Waals surface area contributed by atoms with Gasteiger partial charge in [0.2, 0.25) is 11.6 Å². The number of fused-ring (bicyclic) bond motifs is 1. The van der Waals surface area contributed by atoms with E-state index in [0.29, 0.717) is 11.3 Å². The van der Waals surface area contributed by atoms with Gasteiger partial charge in [-0.1, -0.05) is 6.07 Å². The van der Waals surface area contributed by atoms with Gasteiger partial charge in [-0.25, -0.2) is 9.97 Å². The lowest BCUT2D eigenvalue weighted by Crippen LogP contribution is -2.30. The largest absolute Gasteiger partial charge is 0.355 e. The summed E-state index contributed by atoms with van der Waals surface area (Å²) in [5.74, 6) is -0.701. The molecule has 11 nitrogen and oxygen atoms in total. The first-order valence-electron chi connectivity index (χ1n) is 9.12. The molecule has 0 aliphatic carbocycles. The monoisotopic (exact) mass is 416 g/mol. The van der Waals surface area contributed by atoms with E-state index in [9.17, 15) is 14.9 Å². The highest BCUT2D eigenvalue weighted by molar-refractivity contribution is 5.95. The van der Waals surface area contributed by atoms with Crippen LogP contribution in [-0.4, -0.2) is 30.8 Å². The van der Waals surface area contributed by atoms with Crippen molar-refractivity contribution >= 4 is 39.8 Å². The van der Waals surface area contributed by atoms with Crippen molar-refractivity contribution in [2.24, 2.45) is 0 Å². The van der Waals surface area contributed by atoms with Crippen LogP contribution in [0.2, 0.25) is 0 Å². The lowest BCUT2D eigenvalue weighted by molar-refractivity contribution is -0.383. The fourth-order valence-electron chi connectivity index (χ4n) is 2.92. The van der Waals surface area contributed by atoms with Crippen LogP contribution < -0.4 is 16.2 Å². The molecule has 31 heavy (non-hydrogen) atoms. The second kappa shape index (κ2) is 8.37. The smallest absolute Gasteiger partial charge is 0.334 e. The normalized spacial score (nSPS) is 10.5. The number of hydrazine groups is 1. The van der Waals surface area contributed by atoms with Gasteiger partial charge in [0, 0.05) is 34.7 Å². The van der Waals surface area contributed by atoms with E-state index in [1.165, 1.54) is 24.5 Å². The van der Waals surface area contributed by atoms with Crippen molar-refractivity contribution in [2.45, 2.75) is 6.92 Å². The minimum Gasteiger partial charge on any atom is -0.334 e. The Morgan fingerprint density at radius 1 is 1.03 bits per heavy atom. The Morgan fingerprint density at radius 2 is 1.81 bits per heavy atom. The van der Waals surface area contributed by atoms with E-state index in [2.05, 4.69) is 36.1 Å². The van der Waals surface area contributed by atoms with Crippen molar-refractivity contribution in [3.8, 4) is 0 Å². The molecule has 0 radical (unpaired) electrons. The Morgan fingerprint density at radius 3 is 2.58 bits per heavy atom. The maximum absolute atomic E-state index is 12.2. The number of carbonyl (C=O) groups excluding carboxylic acids is 1. The van der Waals surface area contributed by atoms with Crippen LogP contribution in [0.3, 0.4) is 0 Å². The highest BCUT2D eigenvalue weighted by Crippen LogP contribution is 2.33. The van der Waals surface area contributed by atoms with E-state index >= 15 is 0 Å². The van der Waals surface area contributed by atoms with Gasteiger partial charge in [-0.05, 0) is 43.3 Å². The number of anilines is 3. The zero-order chi connectivity index (χ0) is 21.8. The van der Waals surface area contributed by atoms with E-state index in [-0.39, 0.29) is 11.6 Å². The molecule has 0 fully saturated rings. The second-order valence-corrected chi connectivity index (χ2v) is 6.44. The summed E-state index contributed by atoms with van der Waals surface area (Å²) in [6.45, 7) is 1.88. The lowest BCUT2D eigenvalue weighted by atomic mass is 10.1. The zero-order valence-electron chi connectivity index (χ0n) is 16.2. The van der Waals surface area contributed by atoms with E-state index in [1.54, 1.807) is 12.1 Å². The van der Waals surface area contributed by atoms with Crippen molar-refractivity contribution in [1.29, 1.82) is 0 Å². The van der Waals surface area contributed by atoms with Gasteiger partial charge < -0.3 is 5.32 Å². The number of nitro groups is 1. The number of hydrogen-bond acceptors (Lipinski definition) is 9. The molecule has 0 saturated heterocycles. The molecule has 0 bridgehead atoms. The Hall–Kier alpha value is -4.67. The molecule has 0 spiro atoms. The van der Waals surface area contributed by atoms with Crippen LogP contribution in [0.25, 0.3) is 10.9 Å². The average molecular weight is 416 g/mol. The van der Waals surface area contributed by atoms with Gasteiger partial charge in [0.15, 0.2) is 0 Å². The summed E-state index contributed by atoms with van der Waals surface area (Å²) >= 11 is 0. The summed E-state index contributed by atoms with van der Waals surface area (Å²) in [6.07, 6.45) is 4.08. The average Bonchev–Trinajstić information content (AvgIpc) is 2.78. The molecule has 4 rings (SSSR count). The number of aromatic nitrogens is 4. The molecule has 4 aromatic rings. The number of carbonyl (C=O) groups is 1. The van der Waals surface area contributed by atoms with Crippen LogP contribution in [0, 0.1) is 17.0 Å². The summed E-state index contributed by atoms with van der Waals surface area (Å²) in [5, 5.41) is 15.5. The third-order valence-corrected chi connectivity index (χ3v) is 4.37. The number of rotatable bonds is 6. The minimum atomic E-state index is -0.628. The van der Waals surface area contributed by atoms with Crippen LogP contribution in [0.5, 0.6) is 0 Å². The van der Waals surface area contributed by atoms with Gasteiger partial charge in [-0.2, -0.15) is 0 Å². The molecule has 0 aliphatic rings. The Balaban J connectivity index is 1.64. The van der Waals surface area contributed by atoms with Gasteiger partial charge in [0.05, 0.1) is 10.4 Å². The molecule has 0 unspecified atom stereocenters. The van der Waals surface area contributed by atoms with Crippen LogP contribution in [-0.2, 0) is 0 Å². The highest BCUT2D eigenvalue weighted by Gasteiger charge is 2.24. The van der Waals surface area contributed by atoms with Crippen molar-refractivity contribution in [3.05, 3.63) is 82.6 Å². The summed E-state index contributed by atoms with van der Waals surface area (Å²) in [4.78, 5) is 39.6. The third kappa shape index (κ3) is 4.19. The molecule has 1 aromatic carbocycles. The summed E-state index contributed by atoms with van der Waals surface area (Å²) in [7, 11) is 0.